The topological polar surface area (TPSA) is 107 Å². The fourth-order valence-electron chi connectivity index (χ4n) is 3.49. The number of hydrogen-bond acceptors (Lipinski definition) is 4. The van der Waals surface area contributed by atoms with Crippen molar-refractivity contribution in [2.75, 3.05) is 7.05 Å². The summed E-state index contributed by atoms with van der Waals surface area (Å²) in [5.74, 6) is -2.32. The SMILES string of the molecule is CNC(=O)c1ccc(C2=C(C(=O)O)N3C(=O)[C@H]([C@@H](C)O)[C@H]3C2)cc1.[H-].[Na+]. The number of benzene rings is 1. The number of nitrogens with one attached hydrogen (secondary N) is 1. The Labute approximate surface area is 168 Å². The number of fused-ring (bicyclic) bond motifs is 1. The van der Waals surface area contributed by atoms with E-state index in [0.717, 1.165) is 0 Å². The summed E-state index contributed by atoms with van der Waals surface area (Å²) in [5, 5.41) is 21.8. The third-order valence-electron chi connectivity index (χ3n) is 4.65. The number of carboxylic acid groups (broad SMARTS) is 1. The average molecular weight is 354 g/mol. The normalized spacial score (nSPS) is 22.7. The monoisotopic (exact) mass is 354 g/mol. The van der Waals surface area contributed by atoms with Gasteiger partial charge in [-0.1, -0.05) is 12.1 Å². The van der Waals surface area contributed by atoms with Crippen LogP contribution in [0.2, 0.25) is 0 Å². The Morgan fingerprint density at radius 2 is 1.92 bits per heavy atom. The first kappa shape index (κ1) is 19.7. The third kappa shape index (κ3) is 3.13. The van der Waals surface area contributed by atoms with Gasteiger partial charge in [0.05, 0.1) is 18.1 Å². The van der Waals surface area contributed by atoms with Crippen LogP contribution in [0, 0.1) is 5.92 Å². The van der Waals surface area contributed by atoms with Crippen molar-refractivity contribution in [2.24, 2.45) is 5.92 Å². The number of carbonyl (C=O) groups is 3. The number of carbonyl (C=O) groups excluding carboxylic acids is 2. The van der Waals surface area contributed by atoms with E-state index in [1.807, 2.05) is 0 Å². The van der Waals surface area contributed by atoms with E-state index < -0.39 is 18.0 Å². The first-order valence-corrected chi connectivity index (χ1v) is 7.67. The van der Waals surface area contributed by atoms with Crippen molar-refractivity contribution < 1.29 is 55.6 Å². The zero-order chi connectivity index (χ0) is 17.6. The third-order valence-corrected chi connectivity index (χ3v) is 4.65. The molecule has 3 rings (SSSR count). The molecular weight excluding hydrogens is 335 g/mol. The molecule has 0 bridgehead atoms. The van der Waals surface area contributed by atoms with E-state index in [2.05, 4.69) is 5.32 Å². The molecule has 25 heavy (non-hydrogen) atoms. The zero-order valence-electron chi connectivity index (χ0n) is 15.3. The number of amides is 2. The maximum absolute atomic E-state index is 12.2. The van der Waals surface area contributed by atoms with Crippen molar-refractivity contribution in [2.45, 2.75) is 25.5 Å². The Morgan fingerprint density at radius 3 is 2.40 bits per heavy atom. The fraction of sp³-hybridized carbons (Fsp3) is 0.353. The smallest absolute Gasteiger partial charge is 1.00 e. The first-order chi connectivity index (χ1) is 11.4. The van der Waals surface area contributed by atoms with Crippen LogP contribution >= 0.6 is 0 Å². The molecule has 1 fully saturated rings. The van der Waals surface area contributed by atoms with Crippen LogP contribution in [0.5, 0.6) is 0 Å². The fourth-order valence-corrected chi connectivity index (χ4v) is 3.49. The number of nitrogens with zero attached hydrogens (tertiary/aromatic N) is 1. The van der Waals surface area contributed by atoms with E-state index in [0.29, 0.717) is 23.1 Å². The number of carboxylic acids is 1. The summed E-state index contributed by atoms with van der Waals surface area (Å²) >= 11 is 0. The first-order valence-electron chi connectivity index (χ1n) is 7.67. The van der Waals surface area contributed by atoms with E-state index in [9.17, 15) is 24.6 Å². The van der Waals surface area contributed by atoms with Crippen LogP contribution in [0.25, 0.3) is 5.57 Å². The van der Waals surface area contributed by atoms with E-state index in [4.69, 9.17) is 0 Å². The van der Waals surface area contributed by atoms with Crippen LogP contribution < -0.4 is 34.9 Å². The molecule has 2 amide bonds. The Hall–Kier alpha value is -1.67. The quantitative estimate of drug-likeness (QED) is 0.412. The second-order valence-electron chi connectivity index (χ2n) is 6.03. The zero-order valence-corrected chi connectivity index (χ0v) is 16.3. The molecule has 3 atom stereocenters. The second kappa shape index (κ2) is 7.29. The van der Waals surface area contributed by atoms with Gasteiger partial charge in [0.25, 0.3) is 5.91 Å². The summed E-state index contributed by atoms with van der Waals surface area (Å²) < 4.78 is 0. The summed E-state index contributed by atoms with van der Waals surface area (Å²) in [6.07, 6.45) is -0.439. The van der Waals surface area contributed by atoms with Gasteiger partial charge in [-0.25, -0.2) is 4.79 Å². The van der Waals surface area contributed by atoms with Crippen molar-refractivity contribution >= 4 is 23.4 Å². The maximum atomic E-state index is 12.2. The van der Waals surface area contributed by atoms with Gasteiger partial charge in [0.15, 0.2) is 0 Å². The molecule has 0 unspecified atom stereocenters. The van der Waals surface area contributed by atoms with Crippen LogP contribution in [0.1, 0.15) is 30.7 Å². The average Bonchev–Trinajstić information content (AvgIpc) is 2.89. The van der Waals surface area contributed by atoms with E-state index in [1.165, 1.54) is 18.9 Å². The van der Waals surface area contributed by atoms with Gasteiger partial charge in [-0.2, -0.15) is 0 Å². The van der Waals surface area contributed by atoms with E-state index in [1.54, 1.807) is 24.3 Å². The summed E-state index contributed by atoms with van der Waals surface area (Å²) in [7, 11) is 1.53. The molecule has 0 saturated carbocycles. The van der Waals surface area contributed by atoms with Crippen molar-refractivity contribution in [1.82, 2.24) is 10.2 Å². The minimum Gasteiger partial charge on any atom is -1.00 e. The van der Waals surface area contributed by atoms with Gasteiger partial charge in [0.1, 0.15) is 5.70 Å². The van der Waals surface area contributed by atoms with Crippen LogP contribution in [0.3, 0.4) is 0 Å². The molecule has 0 spiro atoms. The van der Waals surface area contributed by atoms with Crippen LogP contribution in [0.15, 0.2) is 30.0 Å². The minimum atomic E-state index is -1.17. The Kier molecular flexibility index (Phi) is 5.73. The number of aliphatic carboxylic acids is 1. The predicted molar refractivity (Wildman–Crippen MR) is 85.9 cm³/mol. The molecule has 0 aliphatic carbocycles. The van der Waals surface area contributed by atoms with Gasteiger partial charge in [-0.15, -0.1) is 0 Å². The summed E-state index contributed by atoms with van der Waals surface area (Å²) in [6.45, 7) is 1.54. The van der Waals surface area contributed by atoms with Crippen LogP contribution in [-0.2, 0) is 9.59 Å². The molecular formula is C17H19N2NaO5. The van der Waals surface area contributed by atoms with Crippen LogP contribution in [0.4, 0.5) is 0 Å². The molecule has 128 valence electrons. The van der Waals surface area contributed by atoms with E-state index >= 15 is 0 Å². The molecule has 2 aliphatic heterocycles. The van der Waals surface area contributed by atoms with Gasteiger partial charge in [0, 0.05) is 12.6 Å². The number of hydrogen-bond donors (Lipinski definition) is 3. The summed E-state index contributed by atoms with van der Waals surface area (Å²) in [5.41, 5.74) is 1.64. The van der Waals surface area contributed by atoms with Crippen molar-refractivity contribution in [3.05, 3.63) is 41.1 Å². The van der Waals surface area contributed by atoms with Crippen molar-refractivity contribution in [1.29, 1.82) is 0 Å². The molecule has 1 aromatic rings. The molecule has 0 radical (unpaired) electrons. The molecule has 0 aromatic heterocycles. The van der Waals surface area contributed by atoms with E-state index in [-0.39, 0.29) is 54.5 Å². The Bertz CT molecular complexity index is 763. The minimum absolute atomic E-state index is 0. The van der Waals surface area contributed by atoms with Crippen molar-refractivity contribution in [3.8, 4) is 0 Å². The number of rotatable bonds is 4. The predicted octanol–water partition coefficient (Wildman–Crippen LogP) is -2.43. The Morgan fingerprint density at radius 1 is 1.32 bits per heavy atom. The molecule has 8 heteroatoms. The molecule has 7 nitrogen and oxygen atoms in total. The number of β-lactam (4-membered cyclic amide) rings is 1. The molecule has 2 aliphatic rings. The second-order valence-corrected chi connectivity index (χ2v) is 6.03. The van der Waals surface area contributed by atoms with Gasteiger partial charge < -0.3 is 21.9 Å². The van der Waals surface area contributed by atoms with Gasteiger partial charge in [-0.05, 0) is 36.6 Å². The number of aliphatic hydroxyl groups is 1. The van der Waals surface area contributed by atoms with Gasteiger partial charge >= 0.3 is 35.5 Å². The van der Waals surface area contributed by atoms with Crippen molar-refractivity contribution in [3.63, 3.8) is 0 Å². The summed E-state index contributed by atoms with van der Waals surface area (Å²) in [6, 6.07) is 6.26. The molecule has 2 heterocycles. The maximum Gasteiger partial charge on any atom is 1.00 e. The van der Waals surface area contributed by atoms with Crippen LogP contribution in [-0.4, -0.2) is 52.1 Å². The molecule has 1 saturated heterocycles. The largest absolute Gasteiger partial charge is 1.00 e. The molecule has 3 N–H and O–H groups in total. The van der Waals surface area contributed by atoms with Gasteiger partial charge in [0.2, 0.25) is 5.91 Å². The molecule has 1 aromatic carbocycles. The number of aliphatic hydroxyl groups excluding tert-OH is 1. The van der Waals surface area contributed by atoms with Gasteiger partial charge in [-0.3, -0.25) is 9.59 Å². The standard InChI is InChI=1S/C17H18N2O5.Na.H/c1-8(20)13-12-7-11(14(17(23)24)19(12)16(13)22)9-3-5-10(6-4-9)15(21)18-2;;/h3-6,8,12-13,20H,7H2,1-2H3,(H,18,21)(H,23,24);;/q;+1;-1/t8-,12-,13-;;/m1../s1. The summed E-state index contributed by atoms with van der Waals surface area (Å²) in [4.78, 5) is 36.7. The Balaban J connectivity index is 0.00000169.